The molecule has 1 heterocycles. The number of carboxylic acid groups (broad SMARTS) is 1. The number of carboxylic acids is 1. The fourth-order valence-electron chi connectivity index (χ4n) is 2.23. The number of carbonyl (C=O) groups is 1. The number of rotatable bonds is 4. The van der Waals surface area contributed by atoms with Crippen LogP contribution in [0.15, 0.2) is 65.8 Å². The number of aromatic nitrogens is 1. The maximum Gasteiger partial charge on any atom is 0.335 e. The summed E-state index contributed by atoms with van der Waals surface area (Å²) in [5.41, 5.74) is 2.18. The Kier molecular flexibility index (Phi) is 4.44. The quantitative estimate of drug-likeness (QED) is 0.697. The molecule has 2 aromatic carbocycles. The highest BCUT2D eigenvalue weighted by atomic mass is 35.5. The van der Waals surface area contributed by atoms with Crippen molar-refractivity contribution in [2.24, 2.45) is 4.99 Å². The second-order valence-electron chi connectivity index (χ2n) is 5.02. The second kappa shape index (κ2) is 6.68. The summed E-state index contributed by atoms with van der Waals surface area (Å²) < 4.78 is 15.0. The molecule has 0 fully saturated rings. The van der Waals surface area contributed by atoms with Crippen molar-refractivity contribution in [3.05, 3.63) is 82.9 Å². The predicted molar refractivity (Wildman–Crippen MR) is 91.4 cm³/mol. The van der Waals surface area contributed by atoms with Crippen LogP contribution in [0, 0.1) is 5.82 Å². The van der Waals surface area contributed by atoms with Gasteiger partial charge in [0.1, 0.15) is 5.82 Å². The third-order valence-electron chi connectivity index (χ3n) is 3.40. The van der Waals surface area contributed by atoms with Crippen molar-refractivity contribution in [3.63, 3.8) is 0 Å². The standard InChI is InChI=1S/C18H12ClFN2O2/c19-16-10-13(6-7-17(16)20)21-11-15-5-2-8-22(15)14-4-1-3-12(9-14)18(23)24/h1-11H,(H,23,24). The lowest BCUT2D eigenvalue weighted by atomic mass is 10.2. The van der Waals surface area contributed by atoms with Crippen molar-refractivity contribution in [2.45, 2.75) is 0 Å². The van der Waals surface area contributed by atoms with Gasteiger partial charge in [-0.05, 0) is 48.5 Å². The molecule has 0 aliphatic carbocycles. The van der Waals surface area contributed by atoms with E-state index in [1.807, 2.05) is 12.1 Å². The molecule has 3 aromatic rings. The second-order valence-corrected chi connectivity index (χ2v) is 5.42. The van der Waals surface area contributed by atoms with Gasteiger partial charge >= 0.3 is 5.97 Å². The van der Waals surface area contributed by atoms with Crippen molar-refractivity contribution < 1.29 is 14.3 Å². The van der Waals surface area contributed by atoms with Crippen LogP contribution in [-0.4, -0.2) is 21.9 Å². The zero-order valence-electron chi connectivity index (χ0n) is 12.4. The van der Waals surface area contributed by atoms with E-state index in [0.29, 0.717) is 11.4 Å². The Morgan fingerprint density at radius 3 is 2.75 bits per heavy atom. The Balaban J connectivity index is 1.93. The number of aromatic carboxylic acids is 1. The van der Waals surface area contributed by atoms with Crippen LogP contribution in [0.2, 0.25) is 5.02 Å². The molecule has 24 heavy (non-hydrogen) atoms. The van der Waals surface area contributed by atoms with Gasteiger partial charge in [0, 0.05) is 11.9 Å². The molecule has 0 atom stereocenters. The molecule has 0 spiro atoms. The van der Waals surface area contributed by atoms with Crippen LogP contribution in [0.25, 0.3) is 5.69 Å². The van der Waals surface area contributed by atoms with Gasteiger partial charge in [-0.3, -0.25) is 4.99 Å². The molecule has 0 saturated heterocycles. The van der Waals surface area contributed by atoms with Crippen molar-refractivity contribution in [1.29, 1.82) is 0 Å². The van der Waals surface area contributed by atoms with Crippen molar-refractivity contribution in [1.82, 2.24) is 4.57 Å². The third kappa shape index (κ3) is 3.36. The normalized spacial score (nSPS) is 11.1. The molecular formula is C18H12ClFN2O2. The van der Waals surface area contributed by atoms with E-state index in [0.717, 1.165) is 5.69 Å². The molecule has 1 aromatic heterocycles. The van der Waals surface area contributed by atoms with Gasteiger partial charge in [-0.2, -0.15) is 0 Å². The fourth-order valence-corrected chi connectivity index (χ4v) is 2.40. The summed E-state index contributed by atoms with van der Waals surface area (Å²) in [6, 6.07) is 14.5. The summed E-state index contributed by atoms with van der Waals surface area (Å²) in [5, 5.41) is 9.11. The molecule has 0 unspecified atom stereocenters. The molecule has 0 aliphatic rings. The molecular weight excluding hydrogens is 331 g/mol. The lowest BCUT2D eigenvalue weighted by Crippen LogP contribution is -2.01. The number of halogens is 2. The van der Waals surface area contributed by atoms with Crippen LogP contribution in [0.4, 0.5) is 10.1 Å². The lowest BCUT2D eigenvalue weighted by Gasteiger charge is -2.07. The van der Waals surface area contributed by atoms with Crippen LogP contribution in [0.3, 0.4) is 0 Å². The highest BCUT2D eigenvalue weighted by Gasteiger charge is 2.06. The first kappa shape index (κ1) is 16.0. The zero-order chi connectivity index (χ0) is 17.1. The summed E-state index contributed by atoms with van der Waals surface area (Å²) in [4.78, 5) is 15.4. The first-order valence-electron chi connectivity index (χ1n) is 7.05. The van der Waals surface area contributed by atoms with Crippen LogP contribution < -0.4 is 0 Å². The van der Waals surface area contributed by atoms with E-state index in [1.54, 1.807) is 35.2 Å². The highest BCUT2D eigenvalue weighted by Crippen LogP contribution is 2.22. The molecule has 3 rings (SSSR count). The van der Waals surface area contributed by atoms with Crippen molar-refractivity contribution >= 4 is 29.5 Å². The monoisotopic (exact) mass is 342 g/mol. The van der Waals surface area contributed by atoms with Crippen LogP contribution >= 0.6 is 11.6 Å². The number of hydrogen-bond donors (Lipinski definition) is 1. The van der Waals surface area contributed by atoms with Gasteiger partial charge < -0.3 is 9.67 Å². The molecule has 0 aliphatic heterocycles. The average molecular weight is 343 g/mol. The Labute approximate surface area is 142 Å². The number of nitrogens with zero attached hydrogens (tertiary/aromatic N) is 2. The average Bonchev–Trinajstić information content (AvgIpc) is 3.04. The Morgan fingerprint density at radius 1 is 1.17 bits per heavy atom. The van der Waals surface area contributed by atoms with E-state index in [2.05, 4.69) is 4.99 Å². The molecule has 0 radical (unpaired) electrons. The summed E-state index contributed by atoms with van der Waals surface area (Å²) in [7, 11) is 0. The topological polar surface area (TPSA) is 54.6 Å². The molecule has 1 N–H and O–H groups in total. The summed E-state index contributed by atoms with van der Waals surface area (Å²) in [5.74, 6) is -1.48. The van der Waals surface area contributed by atoms with E-state index in [-0.39, 0.29) is 10.6 Å². The predicted octanol–water partition coefficient (Wildman–Crippen LogP) is 4.72. The number of hydrogen-bond acceptors (Lipinski definition) is 2. The van der Waals surface area contributed by atoms with Crippen LogP contribution in [0.1, 0.15) is 16.1 Å². The van der Waals surface area contributed by atoms with E-state index in [4.69, 9.17) is 16.7 Å². The number of benzene rings is 2. The Bertz CT molecular complexity index is 934. The largest absolute Gasteiger partial charge is 0.478 e. The molecule has 4 nitrogen and oxygen atoms in total. The molecule has 0 amide bonds. The first-order valence-corrected chi connectivity index (χ1v) is 7.42. The molecule has 6 heteroatoms. The van der Waals surface area contributed by atoms with Gasteiger partial charge in [-0.15, -0.1) is 0 Å². The van der Waals surface area contributed by atoms with Gasteiger partial charge in [0.15, 0.2) is 0 Å². The fraction of sp³-hybridized carbons (Fsp3) is 0. The molecule has 120 valence electrons. The smallest absolute Gasteiger partial charge is 0.335 e. The van der Waals surface area contributed by atoms with Crippen molar-refractivity contribution in [2.75, 3.05) is 0 Å². The van der Waals surface area contributed by atoms with Gasteiger partial charge in [-0.25, -0.2) is 9.18 Å². The van der Waals surface area contributed by atoms with E-state index in [9.17, 15) is 9.18 Å². The Morgan fingerprint density at radius 2 is 2.00 bits per heavy atom. The minimum atomic E-state index is -0.986. The third-order valence-corrected chi connectivity index (χ3v) is 3.69. The lowest BCUT2D eigenvalue weighted by molar-refractivity contribution is 0.0697. The maximum absolute atomic E-state index is 13.2. The van der Waals surface area contributed by atoms with Gasteiger partial charge in [0.25, 0.3) is 0 Å². The first-order chi connectivity index (χ1) is 11.5. The van der Waals surface area contributed by atoms with Gasteiger partial charge in [0.05, 0.1) is 28.2 Å². The van der Waals surface area contributed by atoms with Crippen LogP contribution in [-0.2, 0) is 0 Å². The van der Waals surface area contributed by atoms with Gasteiger partial charge in [-0.1, -0.05) is 17.7 Å². The van der Waals surface area contributed by atoms with E-state index < -0.39 is 11.8 Å². The zero-order valence-corrected chi connectivity index (χ0v) is 13.1. The van der Waals surface area contributed by atoms with E-state index in [1.165, 1.54) is 24.3 Å². The van der Waals surface area contributed by atoms with Crippen LogP contribution in [0.5, 0.6) is 0 Å². The Hall–Kier alpha value is -2.92. The van der Waals surface area contributed by atoms with E-state index >= 15 is 0 Å². The summed E-state index contributed by atoms with van der Waals surface area (Å²) in [6.07, 6.45) is 3.41. The molecule has 0 bridgehead atoms. The van der Waals surface area contributed by atoms with Gasteiger partial charge in [0.2, 0.25) is 0 Å². The summed E-state index contributed by atoms with van der Waals surface area (Å²) in [6.45, 7) is 0. The minimum absolute atomic E-state index is 0.00851. The summed E-state index contributed by atoms with van der Waals surface area (Å²) >= 11 is 5.74. The molecule has 0 saturated carbocycles. The minimum Gasteiger partial charge on any atom is -0.478 e. The number of aliphatic imine (C=N–C) groups is 1. The highest BCUT2D eigenvalue weighted by molar-refractivity contribution is 6.31. The SMILES string of the molecule is O=C(O)c1cccc(-n2cccc2C=Nc2ccc(F)c(Cl)c2)c1. The van der Waals surface area contributed by atoms with Crippen molar-refractivity contribution in [3.8, 4) is 5.69 Å². The maximum atomic E-state index is 13.2.